The number of halogens is 4. The summed E-state index contributed by atoms with van der Waals surface area (Å²) in [6.45, 7) is 2.66. The summed E-state index contributed by atoms with van der Waals surface area (Å²) in [4.78, 5) is 36.2. The van der Waals surface area contributed by atoms with Gasteiger partial charge in [-0.25, -0.2) is 9.59 Å². The van der Waals surface area contributed by atoms with Crippen molar-refractivity contribution < 1.29 is 41.8 Å². The van der Waals surface area contributed by atoms with Crippen molar-refractivity contribution in [3.05, 3.63) is 33.3 Å². The van der Waals surface area contributed by atoms with Crippen LogP contribution in [0.15, 0.2) is 22.2 Å². The zero-order valence-electron chi connectivity index (χ0n) is 21.1. The number of ether oxygens (including phenoxy) is 3. The van der Waals surface area contributed by atoms with Gasteiger partial charge >= 0.3 is 18.1 Å². The number of carbonyl (C=O) groups excluding carboxylic acids is 3. The van der Waals surface area contributed by atoms with Crippen LogP contribution in [-0.2, 0) is 23.9 Å². The van der Waals surface area contributed by atoms with Crippen LogP contribution in [0.2, 0.25) is 0 Å². The molecular weight excluding hydrogens is 575 g/mol. The highest BCUT2D eigenvalue weighted by Gasteiger charge is 2.49. The van der Waals surface area contributed by atoms with Crippen LogP contribution in [0.5, 0.6) is 5.75 Å². The molecular formula is C25H31BrF3N3O6. The number of fused-ring (bicyclic) bond motifs is 1. The average Bonchev–Trinajstić information content (AvgIpc) is 2.81. The van der Waals surface area contributed by atoms with Gasteiger partial charge < -0.3 is 25.3 Å². The Bertz CT molecular complexity index is 1080. The highest BCUT2D eigenvalue weighted by molar-refractivity contribution is 9.10. The molecule has 1 aromatic carbocycles. The summed E-state index contributed by atoms with van der Waals surface area (Å²) < 4.78 is 56.9. The van der Waals surface area contributed by atoms with Crippen molar-refractivity contribution in [2.24, 2.45) is 5.73 Å². The minimum absolute atomic E-state index is 0.0302. The van der Waals surface area contributed by atoms with Crippen molar-refractivity contribution in [1.29, 1.82) is 5.41 Å². The normalized spacial score (nSPS) is 15.4. The topological polar surface area (TPSA) is 141 Å². The molecule has 1 aliphatic heterocycles. The summed E-state index contributed by atoms with van der Waals surface area (Å²) in [7, 11) is 0. The highest BCUT2D eigenvalue weighted by atomic mass is 79.9. The van der Waals surface area contributed by atoms with Crippen LogP contribution < -0.4 is 15.8 Å². The van der Waals surface area contributed by atoms with Gasteiger partial charge in [-0.05, 0) is 56.4 Å². The van der Waals surface area contributed by atoms with Crippen molar-refractivity contribution in [2.45, 2.75) is 70.7 Å². The molecule has 38 heavy (non-hydrogen) atoms. The van der Waals surface area contributed by atoms with Gasteiger partial charge in [0.1, 0.15) is 11.8 Å². The first-order chi connectivity index (χ1) is 17.8. The quantitative estimate of drug-likeness (QED) is 0.131. The van der Waals surface area contributed by atoms with Crippen LogP contribution in [0.4, 0.5) is 13.2 Å². The van der Waals surface area contributed by atoms with Gasteiger partial charge in [0.05, 0.1) is 24.6 Å². The summed E-state index contributed by atoms with van der Waals surface area (Å²) in [5.74, 6) is -2.08. The van der Waals surface area contributed by atoms with E-state index in [1.54, 1.807) is 19.1 Å². The fourth-order valence-electron chi connectivity index (χ4n) is 3.74. The van der Waals surface area contributed by atoms with E-state index < -0.39 is 41.7 Å². The van der Waals surface area contributed by atoms with Gasteiger partial charge in [-0.1, -0.05) is 22.4 Å². The average molecular weight is 606 g/mol. The van der Waals surface area contributed by atoms with E-state index in [-0.39, 0.29) is 37.6 Å². The molecule has 0 saturated carbocycles. The maximum absolute atomic E-state index is 13.6. The van der Waals surface area contributed by atoms with Gasteiger partial charge in [0.2, 0.25) is 12.0 Å². The number of esters is 2. The molecule has 1 amide bonds. The molecule has 4 N–H and O–H groups in total. The maximum atomic E-state index is 13.6. The molecule has 210 valence electrons. The van der Waals surface area contributed by atoms with Crippen LogP contribution >= 0.6 is 15.9 Å². The molecule has 13 heteroatoms. The van der Waals surface area contributed by atoms with Crippen molar-refractivity contribution in [3.8, 4) is 5.75 Å². The van der Waals surface area contributed by atoms with E-state index in [1.165, 1.54) is 6.92 Å². The SMILES string of the molecule is CC(=O)N[C@@H](CCCCC(=N)N)C(=O)OCCCCOC(=O)C1=Cc2cc(Br)cc(C)c2O[C@@H]1C(F)(F)F. The summed E-state index contributed by atoms with van der Waals surface area (Å²) in [6, 6.07) is 2.32. The van der Waals surface area contributed by atoms with E-state index in [0.717, 1.165) is 6.08 Å². The number of hydrogen-bond donors (Lipinski definition) is 3. The molecule has 0 unspecified atom stereocenters. The Kier molecular flexibility index (Phi) is 11.6. The lowest BCUT2D eigenvalue weighted by atomic mass is 9.99. The van der Waals surface area contributed by atoms with Gasteiger partial charge in [0, 0.05) is 23.4 Å². The van der Waals surface area contributed by atoms with Gasteiger partial charge in [-0.15, -0.1) is 0 Å². The molecule has 1 aliphatic rings. The molecule has 1 heterocycles. The fourth-order valence-corrected chi connectivity index (χ4v) is 4.33. The molecule has 0 saturated heterocycles. The van der Waals surface area contributed by atoms with Crippen LogP contribution in [0.3, 0.4) is 0 Å². The van der Waals surface area contributed by atoms with Crippen LogP contribution in [-0.4, -0.2) is 55.2 Å². The summed E-state index contributed by atoms with van der Waals surface area (Å²) in [5.41, 5.74) is 5.46. The van der Waals surface area contributed by atoms with E-state index in [0.29, 0.717) is 41.3 Å². The van der Waals surface area contributed by atoms with E-state index in [1.807, 2.05) is 0 Å². The third-order valence-electron chi connectivity index (χ3n) is 5.50. The molecule has 9 nitrogen and oxygen atoms in total. The predicted octanol–water partition coefficient (Wildman–Crippen LogP) is 4.33. The van der Waals surface area contributed by atoms with Crippen LogP contribution in [0.1, 0.15) is 56.6 Å². The smallest absolute Gasteiger partial charge is 0.430 e. The molecule has 0 radical (unpaired) electrons. The summed E-state index contributed by atoms with van der Waals surface area (Å²) in [6.07, 6.45) is -3.80. The van der Waals surface area contributed by atoms with Crippen LogP contribution in [0, 0.1) is 12.3 Å². The molecule has 0 aliphatic carbocycles. The molecule has 0 spiro atoms. The third-order valence-corrected chi connectivity index (χ3v) is 5.96. The van der Waals surface area contributed by atoms with Crippen molar-refractivity contribution in [3.63, 3.8) is 0 Å². The number of rotatable bonds is 13. The molecule has 2 atom stereocenters. The molecule has 2 rings (SSSR count). The van der Waals surface area contributed by atoms with E-state index in [9.17, 15) is 27.6 Å². The second kappa shape index (κ2) is 14.2. The number of nitrogens with one attached hydrogen (secondary N) is 2. The Morgan fingerprint density at radius 2 is 1.82 bits per heavy atom. The first-order valence-electron chi connectivity index (χ1n) is 12.0. The lowest BCUT2D eigenvalue weighted by Gasteiger charge is -2.29. The van der Waals surface area contributed by atoms with Gasteiger partial charge in [0.25, 0.3) is 0 Å². The van der Waals surface area contributed by atoms with E-state index in [2.05, 4.69) is 21.2 Å². The molecule has 0 fully saturated rings. The Hall–Kier alpha value is -3.09. The molecule has 1 aromatic rings. The highest BCUT2D eigenvalue weighted by Crippen LogP contribution is 2.40. The Labute approximate surface area is 226 Å². The number of amidine groups is 1. The number of carbonyl (C=O) groups is 3. The number of benzene rings is 1. The molecule has 0 bridgehead atoms. The van der Waals surface area contributed by atoms with E-state index >= 15 is 0 Å². The first-order valence-corrected chi connectivity index (χ1v) is 12.8. The zero-order valence-corrected chi connectivity index (χ0v) is 22.7. The number of amides is 1. The third kappa shape index (κ3) is 9.66. The van der Waals surface area contributed by atoms with Crippen molar-refractivity contribution >= 4 is 45.7 Å². The number of alkyl halides is 3. The lowest BCUT2D eigenvalue weighted by molar-refractivity contribution is -0.188. The zero-order chi connectivity index (χ0) is 28.5. The Morgan fingerprint density at radius 3 is 2.42 bits per heavy atom. The largest absolute Gasteiger partial charge is 0.475 e. The number of nitrogens with two attached hydrogens (primary N) is 1. The van der Waals surface area contributed by atoms with Crippen LogP contribution in [0.25, 0.3) is 6.08 Å². The minimum atomic E-state index is -4.83. The second-order valence-electron chi connectivity index (χ2n) is 8.81. The molecule has 0 aromatic heterocycles. The summed E-state index contributed by atoms with van der Waals surface area (Å²) >= 11 is 3.28. The first kappa shape index (κ1) is 31.1. The number of unbranched alkanes of at least 4 members (excludes halogenated alkanes) is 2. The van der Waals surface area contributed by atoms with Crippen molar-refractivity contribution in [1.82, 2.24) is 5.32 Å². The van der Waals surface area contributed by atoms with E-state index in [4.69, 9.17) is 25.4 Å². The monoisotopic (exact) mass is 605 g/mol. The Balaban J connectivity index is 1.86. The number of hydrogen-bond acceptors (Lipinski definition) is 7. The number of aryl methyl sites for hydroxylation is 1. The summed E-state index contributed by atoms with van der Waals surface area (Å²) in [5, 5.41) is 9.74. The van der Waals surface area contributed by atoms with Gasteiger partial charge in [-0.3, -0.25) is 10.2 Å². The maximum Gasteiger partial charge on any atom is 0.430 e. The minimum Gasteiger partial charge on any atom is -0.475 e. The fraction of sp³-hybridized carbons (Fsp3) is 0.520. The Morgan fingerprint density at radius 1 is 1.16 bits per heavy atom. The van der Waals surface area contributed by atoms with Gasteiger partial charge in [-0.2, -0.15) is 13.2 Å². The predicted molar refractivity (Wildman–Crippen MR) is 136 cm³/mol. The van der Waals surface area contributed by atoms with Gasteiger partial charge in [0.15, 0.2) is 0 Å². The second-order valence-corrected chi connectivity index (χ2v) is 9.73. The lowest BCUT2D eigenvalue weighted by Crippen LogP contribution is -2.41. The standard InChI is InChI=1S/C25H31BrF3N3O6/c1-14-11-17(26)12-16-13-18(22(25(27,28)29)38-21(14)16)23(34)36-9-5-6-10-37-24(35)19(32-15(2)33)7-3-4-8-20(30)31/h11-13,19,22H,3-10H2,1-2H3,(H3,30,31)(H,32,33)/t19-,22-/m0/s1. The van der Waals surface area contributed by atoms with Crippen molar-refractivity contribution in [2.75, 3.05) is 13.2 Å².